The van der Waals surface area contributed by atoms with Crippen LogP contribution in [0.5, 0.6) is 0 Å². The van der Waals surface area contributed by atoms with Crippen LogP contribution in [-0.4, -0.2) is 54.0 Å². The molecule has 0 aromatic heterocycles. The Hall–Kier alpha value is -1.16. The molecule has 0 aliphatic heterocycles. The fourth-order valence-electron chi connectivity index (χ4n) is 12.1. The summed E-state index contributed by atoms with van der Waals surface area (Å²) < 4.78 is 76.4. The molecule has 10 atom stereocenters. The molecule has 0 amide bonds. The lowest BCUT2D eigenvalue weighted by Gasteiger charge is -2.62. The summed E-state index contributed by atoms with van der Waals surface area (Å²) in [5.74, 6) is 1.02. The molecule has 5 aliphatic carbocycles. The van der Waals surface area contributed by atoms with Gasteiger partial charge in [0.1, 0.15) is 0 Å². The van der Waals surface area contributed by atoms with E-state index in [-0.39, 0.29) is 54.0 Å². The van der Waals surface area contributed by atoms with Crippen molar-refractivity contribution in [1.82, 2.24) is 0 Å². The number of hydrogen-bond donors (Lipinski definition) is 2. The van der Waals surface area contributed by atoms with Gasteiger partial charge in [0.2, 0.25) is 0 Å². The van der Waals surface area contributed by atoms with Crippen LogP contribution >= 0.6 is 0 Å². The standard InChI is InChI=1S/C38H57F3O5S/c1-5-46-27-15-19-36(42,20-16-27)24-33(47(44,45)28-9-7-6-8-10-28)25(2)30-13-14-31-29-12-11-26-23-37(43,38(39,40)41)22-21-34(26,3)32(29)17-18-35(30,31)4/h6-10,25-27,29-33,42-43H,5,11-24H2,1-4H3/t25-,26-,27?,29-,30+,31-,32-,33?,34-,35+,36?,37-/m0/s1. The van der Waals surface area contributed by atoms with E-state index in [0.717, 1.165) is 44.9 Å². The lowest BCUT2D eigenvalue weighted by molar-refractivity contribution is -0.290. The molecule has 2 N–H and O–H groups in total. The summed E-state index contributed by atoms with van der Waals surface area (Å²) in [5.41, 5.74) is -3.91. The van der Waals surface area contributed by atoms with E-state index in [1.807, 2.05) is 13.0 Å². The van der Waals surface area contributed by atoms with Gasteiger partial charge >= 0.3 is 6.18 Å². The lowest BCUT2D eigenvalue weighted by atomic mass is 9.43. The number of benzene rings is 1. The van der Waals surface area contributed by atoms with E-state index < -0.39 is 32.5 Å². The highest BCUT2D eigenvalue weighted by Gasteiger charge is 2.65. The largest absolute Gasteiger partial charge is 0.417 e. The summed E-state index contributed by atoms with van der Waals surface area (Å²) in [6.45, 7) is 9.29. The van der Waals surface area contributed by atoms with E-state index in [0.29, 0.717) is 54.9 Å². The molecule has 5 nitrogen and oxygen atoms in total. The Labute approximate surface area is 280 Å². The molecule has 5 aliphatic rings. The van der Waals surface area contributed by atoms with Gasteiger partial charge in [0, 0.05) is 6.61 Å². The second kappa shape index (κ2) is 12.6. The molecule has 5 saturated carbocycles. The molecule has 0 saturated heterocycles. The molecule has 6 rings (SSSR count). The zero-order valence-electron chi connectivity index (χ0n) is 28.8. The van der Waals surface area contributed by atoms with E-state index in [2.05, 4.69) is 20.8 Å². The Morgan fingerprint density at radius 3 is 2.17 bits per heavy atom. The first-order valence-electron chi connectivity index (χ1n) is 18.4. The van der Waals surface area contributed by atoms with Crippen LogP contribution in [0.25, 0.3) is 0 Å². The highest BCUT2D eigenvalue weighted by atomic mass is 32.2. The number of alkyl halides is 3. The van der Waals surface area contributed by atoms with E-state index in [9.17, 15) is 31.8 Å². The van der Waals surface area contributed by atoms with Crippen molar-refractivity contribution in [2.24, 2.45) is 46.3 Å². The normalized spacial score (nSPS) is 43.8. The van der Waals surface area contributed by atoms with Crippen molar-refractivity contribution < 1.29 is 36.5 Å². The van der Waals surface area contributed by atoms with Gasteiger partial charge in [-0.25, -0.2) is 8.42 Å². The molecule has 0 heterocycles. The van der Waals surface area contributed by atoms with Crippen molar-refractivity contribution in [3.05, 3.63) is 30.3 Å². The fourth-order valence-corrected chi connectivity index (χ4v) is 14.3. The van der Waals surface area contributed by atoms with Crippen molar-refractivity contribution in [2.45, 2.75) is 151 Å². The quantitative estimate of drug-likeness (QED) is 0.287. The Morgan fingerprint density at radius 2 is 1.53 bits per heavy atom. The van der Waals surface area contributed by atoms with Gasteiger partial charge in [-0.15, -0.1) is 0 Å². The Kier molecular flexibility index (Phi) is 9.53. The molecule has 0 bridgehead atoms. The van der Waals surface area contributed by atoms with Crippen LogP contribution in [0.4, 0.5) is 13.2 Å². The average Bonchev–Trinajstić information content (AvgIpc) is 3.38. The number of hydrogen-bond acceptors (Lipinski definition) is 5. The minimum Gasteiger partial charge on any atom is -0.390 e. The summed E-state index contributed by atoms with van der Waals surface area (Å²) in [6.07, 6.45) is 3.65. The zero-order valence-corrected chi connectivity index (χ0v) is 29.6. The van der Waals surface area contributed by atoms with Crippen molar-refractivity contribution in [3.8, 4) is 0 Å². The third-order valence-corrected chi connectivity index (χ3v) is 17.2. The van der Waals surface area contributed by atoms with Gasteiger partial charge < -0.3 is 14.9 Å². The van der Waals surface area contributed by atoms with Gasteiger partial charge in [0.05, 0.1) is 21.9 Å². The number of fused-ring (bicyclic) bond motifs is 5. The molecule has 47 heavy (non-hydrogen) atoms. The highest BCUT2D eigenvalue weighted by molar-refractivity contribution is 7.92. The number of ether oxygens (including phenoxy) is 1. The third-order valence-electron chi connectivity index (χ3n) is 14.9. The van der Waals surface area contributed by atoms with Gasteiger partial charge in [-0.05, 0) is 155 Å². The molecule has 9 heteroatoms. The number of halogens is 3. The molecule has 1 unspecified atom stereocenters. The Bertz CT molecular complexity index is 1360. The monoisotopic (exact) mass is 682 g/mol. The van der Waals surface area contributed by atoms with Gasteiger partial charge in [-0.2, -0.15) is 13.2 Å². The van der Waals surface area contributed by atoms with Crippen molar-refractivity contribution in [2.75, 3.05) is 6.61 Å². The van der Waals surface area contributed by atoms with E-state index >= 15 is 0 Å². The average molecular weight is 683 g/mol. The maximum Gasteiger partial charge on any atom is 0.417 e. The van der Waals surface area contributed by atoms with Crippen LogP contribution in [-0.2, 0) is 14.6 Å². The van der Waals surface area contributed by atoms with E-state index in [1.54, 1.807) is 24.3 Å². The molecule has 1 aromatic carbocycles. The number of sulfone groups is 1. The summed E-state index contributed by atoms with van der Waals surface area (Å²) >= 11 is 0. The second-order valence-corrected chi connectivity index (χ2v) is 19.1. The first-order chi connectivity index (χ1) is 22.0. The van der Waals surface area contributed by atoms with Gasteiger partial charge in [0.15, 0.2) is 15.4 Å². The van der Waals surface area contributed by atoms with Crippen molar-refractivity contribution in [3.63, 3.8) is 0 Å². The molecule has 0 radical (unpaired) electrons. The Morgan fingerprint density at radius 1 is 0.872 bits per heavy atom. The summed E-state index contributed by atoms with van der Waals surface area (Å²) in [5, 5.41) is 21.8. The van der Waals surface area contributed by atoms with Gasteiger partial charge in [0.25, 0.3) is 0 Å². The third kappa shape index (κ3) is 6.13. The summed E-state index contributed by atoms with van der Waals surface area (Å²) in [6, 6.07) is 8.72. The number of aliphatic hydroxyl groups is 2. The van der Waals surface area contributed by atoms with E-state index in [1.165, 1.54) is 0 Å². The summed E-state index contributed by atoms with van der Waals surface area (Å²) in [4.78, 5) is 0.314. The molecule has 266 valence electrons. The van der Waals surface area contributed by atoms with Crippen LogP contribution in [0.3, 0.4) is 0 Å². The Balaban J connectivity index is 1.25. The molecule has 5 fully saturated rings. The fraction of sp³-hybridized carbons (Fsp3) is 0.842. The van der Waals surface area contributed by atoms with Gasteiger partial charge in [-0.1, -0.05) is 39.0 Å². The second-order valence-electron chi connectivity index (χ2n) is 17.0. The zero-order chi connectivity index (χ0) is 34.0. The molecular weight excluding hydrogens is 625 g/mol. The topological polar surface area (TPSA) is 83.8 Å². The van der Waals surface area contributed by atoms with Crippen molar-refractivity contribution in [1.29, 1.82) is 0 Å². The minimum absolute atomic E-state index is 0.0646. The first-order valence-corrected chi connectivity index (χ1v) is 19.9. The van der Waals surface area contributed by atoms with E-state index in [4.69, 9.17) is 4.74 Å². The molecule has 0 spiro atoms. The minimum atomic E-state index is -4.60. The molecular formula is C38H57F3O5S. The predicted molar refractivity (Wildman–Crippen MR) is 176 cm³/mol. The SMILES string of the molecule is CCOC1CCC(O)(CC([C@@H](C)[C@H]2CC[C@H]3[C@@H]4CC[C@H]5C[C@](O)(C(F)(F)F)CC[C@]5(C)[C@H]4CC[C@]23C)S(=O)(=O)c2ccccc2)CC1. The van der Waals surface area contributed by atoms with Crippen LogP contribution in [0, 0.1) is 46.3 Å². The molecule has 1 aromatic rings. The van der Waals surface area contributed by atoms with Gasteiger partial charge in [-0.3, -0.25) is 0 Å². The maximum atomic E-state index is 14.5. The number of rotatable bonds is 8. The predicted octanol–water partition coefficient (Wildman–Crippen LogP) is 8.52. The highest BCUT2D eigenvalue weighted by Crippen LogP contribution is 2.69. The summed E-state index contributed by atoms with van der Waals surface area (Å²) in [7, 11) is -3.74. The van der Waals surface area contributed by atoms with Crippen molar-refractivity contribution >= 4 is 9.84 Å². The smallest absolute Gasteiger partial charge is 0.390 e. The van der Waals surface area contributed by atoms with Crippen LogP contribution in [0.2, 0.25) is 0 Å². The maximum absolute atomic E-state index is 14.5. The van der Waals surface area contributed by atoms with Crippen LogP contribution in [0.1, 0.15) is 118 Å². The van der Waals surface area contributed by atoms with Crippen LogP contribution < -0.4 is 0 Å². The lowest BCUT2D eigenvalue weighted by Crippen LogP contribution is -2.59. The first kappa shape index (κ1) is 35.7. The van der Waals surface area contributed by atoms with Crippen LogP contribution in [0.15, 0.2) is 35.2 Å².